The van der Waals surface area contributed by atoms with Crippen molar-refractivity contribution in [2.45, 2.75) is 32.1 Å². The normalized spacial score (nSPS) is 18.0. The minimum absolute atomic E-state index is 0.0521. The van der Waals surface area contributed by atoms with E-state index < -0.39 is 0 Å². The molecule has 0 N–H and O–H groups in total. The highest BCUT2D eigenvalue weighted by Crippen LogP contribution is 2.25. The summed E-state index contributed by atoms with van der Waals surface area (Å²) in [4.78, 5) is 25.5. The Morgan fingerprint density at radius 2 is 1.95 bits per heavy atom. The molecule has 1 heterocycles. The van der Waals surface area contributed by atoms with Crippen molar-refractivity contribution in [2.75, 3.05) is 19.7 Å². The molecule has 1 aliphatic heterocycles. The molecule has 1 saturated heterocycles. The number of likely N-dealkylation sites (tertiary alicyclic amines) is 1. The minimum Gasteiger partial charge on any atom is -0.484 e. The molecule has 0 aromatic heterocycles. The Morgan fingerprint density at radius 3 is 2.75 bits per heavy atom. The molecule has 0 bridgehead atoms. The van der Waals surface area contributed by atoms with E-state index in [0.717, 1.165) is 49.9 Å². The Morgan fingerprint density at radius 1 is 1.15 bits per heavy atom. The van der Waals surface area contributed by atoms with Gasteiger partial charge in [-0.05, 0) is 49.4 Å². The highest BCUT2D eigenvalue weighted by atomic mass is 16.5. The van der Waals surface area contributed by atoms with E-state index in [-0.39, 0.29) is 18.3 Å². The van der Waals surface area contributed by atoms with Gasteiger partial charge in [0.1, 0.15) is 5.75 Å². The average Bonchev–Trinajstić information content (AvgIpc) is 2.99. The number of ether oxygens (including phenoxy) is 1. The number of amides is 1. The van der Waals surface area contributed by atoms with Crippen LogP contribution in [0.3, 0.4) is 0 Å². The summed E-state index contributed by atoms with van der Waals surface area (Å²) in [5.41, 5.74) is 1.86. The highest BCUT2D eigenvalue weighted by molar-refractivity contribution is 5.98. The summed E-state index contributed by atoms with van der Waals surface area (Å²) in [5, 5.41) is 0. The predicted octanol–water partition coefficient (Wildman–Crippen LogP) is 2.21. The first-order chi connectivity index (χ1) is 9.74. The van der Waals surface area contributed by atoms with Crippen LogP contribution in [0.1, 0.15) is 41.6 Å². The second-order valence-electron chi connectivity index (χ2n) is 5.47. The van der Waals surface area contributed by atoms with Crippen molar-refractivity contribution >= 4 is 11.7 Å². The lowest BCUT2D eigenvalue weighted by molar-refractivity contribution is -0.132. The summed E-state index contributed by atoms with van der Waals surface area (Å²) in [6, 6.07) is 5.52. The summed E-state index contributed by atoms with van der Waals surface area (Å²) in [6.45, 7) is 1.79. The van der Waals surface area contributed by atoms with Crippen molar-refractivity contribution in [2.24, 2.45) is 0 Å². The number of benzene rings is 1. The largest absolute Gasteiger partial charge is 0.484 e. The Hall–Kier alpha value is -1.84. The molecule has 0 spiro atoms. The molecule has 1 fully saturated rings. The van der Waals surface area contributed by atoms with Crippen LogP contribution in [0.4, 0.5) is 0 Å². The van der Waals surface area contributed by atoms with E-state index in [1.165, 1.54) is 0 Å². The van der Waals surface area contributed by atoms with Crippen LogP contribution in [0.2, 0.25) is 0 Å². The van der Waals surface area contributed by atoms with Gasteiger partial charge in [0, 0.05) is 25.1 Å². The lowest BCUT2D eigenvalue weighted by Crippen LogP contribution is -2.32. The molecule has 0 saturated carbocycles. The van der Waals surface area contributed by atoms with E-state index in [9.17, 15) is 9.59 Å². The summed E-state index contributed by atoms with van der Waals surface area (Å²) in [7, 11) is 0. The number of nitrogens with zero attached hydrogens (tertiary/aromatic N) is 1. The molecule has 2 aliphatic rings. The molecule has 4 heteroatoms. The van der Waals surface area contributed by atoms with Crippen LogP contribution in [-0.2, 0) is 11.2 Å². The van der Waals surface area contributed by atoms with E-state index in [2.05, 4.69) is 0 Å². The summed E-state index contributed by atoms with van der Waals surface area (Å²) in [5.74, 6) is 0.952. The van der Waals surface area contributed by atoms with Gasteiger partial charge in [0.2, 0.25) is 0 Å². The van der Waals surface area contributed by atoms with Gasteiger partial charge in [-0.15, -0.1) is 0 Å². The highest BCUT2D eigenvalue weighted by Gasteiger charge is 2.20. The molecule has 0 unspecified atom stereocenters. The van der Waals surface area contributed by atoms with E-state index in [0.29, 0.717) is 12.2 Å². The average molecular weight is 273 g/mol. The predicted molar refractivity (Wildman–Crippen MR) is 75.0 cm³/mol. The maximum Gasteiger partial charge on any atom is 0.260 e. The molecule has 3 rings (SSSR count). The fraction of sp³-hybridized carbons (Fsp3) is 0.500. The maximum absolute atomic E-state index is 11.9. The van der Waals surface area contributed by atoms with Gasteiger partial charge in [-0.1, -0.05) is 0 Å². The molecule has 0 atom stereocenters. The van der Waals surface area contributed by atoms with Crippen LogP contribution >= 0.6 is 0 Å². The molecular formula is C16H19NO3. The topological polar surface area (TPSA) is 46.6 Å². The zero-order valence-corrected chi connectivity index (χ0v) is 11.6. The molecule has 1 amide bonds. The van der Waals surface area contributed by atoms with Gasteiger partial charge < -0.3 is 9.64 Å². The smallest absolute Gasteiger partial charge is 0.260 e. The third kappa shape index (κ3) is 2.69. The van der Waals surface area contributed by atoms with Crippen LogP contribution < -0.4 is 4.74 Å². The van der Waals surface area contributed by atoms with Gasteiger partial charge in [0.25, 0.3) is 5.91 Å². The number of rotatable bonds is 3. The molecule has 4 nitrogen and oxygen atoms in total. The van der Waals surface area contributed by atoms with Crippen molar-refractivity contribution in [3.8, 4) is 5.75 Å². The van der Waals surface area contributed by atoms with Crippen molar-refractivity contribution in [3.05, 3.63) is 29.3 Å². The number of fused-ring (bicyclic) bond motifs is 1. The minimum atomic E-state index is 0.0521. The second-order valence-corrected chi connectivity index (χ2v) is 5.47. The Balaban J connectivity index is 1.63. The SMILES string of the molecule is O=C1CCCc2cc(OCC(=O)N3CCCC3)ccc21. The van der Waals surface area contributed by atoms with Crippen LogP contribution in [0, 0.1) is 0 Å². The number of carbonyl (C=O) groups is 2. The summed E-state index contributed by atoms with van der Waals surface area (Å²) < 4.78 is 5.58. The van der Waals surface area contributed by atoms with Crippen molar-refractivity contribution in [1.82, 2.24) is 4.90 Å². The van der Waals surface area contributed by atoms with Crippen LogP contribution in [0.15, 0.2) is 18.2 Å². The van der Waals surface area contributed by atoms with Crippen molar-refractivity contribution in [1.29, 1.82) is 0 Å². The van der Waals surface area contributed by atoms with Crippen LogP contribution in [-0.4, -0.2) is 36.3 Å². The third-order valence-corrected chi connectivity index (χ3v) is 4.05. The second kappa shape index (κ2) is 5.65. The van der Waals surface area contributed by atoms with Gasteiger partial charge >= 0.3 is 0 Å². The molecule has 1 aromatic carbocycles. The molecule has 0 radical (unpaired) electrons. The van der Waals surface area contributed by atoms with Gasteiger partial charge in [-0.3, -0.25) is 9.59 Å². The monoisotopic (exact) mass is 273 g/mol. The molecule has 1 aromatic rings. The van der Waals surface area contributed by atoms with Crippen molar-refractivity contribution in [3.63, 3.8) is 0 Å². The zero-order valence-electron chi connectivity index (χ0n) is 11.6. The van der Waals surface area contributed by atoms with E-state index in [4.69, 9.17) is 4.74 Å². The van der Waals surface area contributed by atoms with Gasteiger partial charge in [0.05, 0.1) is 0 Å². The first kappa shape index (κ1) is 13.2. The van der Waals surface area contributed by atoms with Crippen LogP contribution in [0.25, 0.3) is 0 Å². The first-order valence-electron chi connectivity index (χ1n) is 7.31. The summed E-state index contributed by atoms with van der Waals surface area (Å²) in [6.07, 6.45) is 4.64. The fourth-order valence-electron chi connectivity index (χ4n) is 2.92. The van der Waals surface area contributed by atoms with E-state index in [1.807, 2.05) is 17.0 Å². The van der Waals surface area contributed by atoms with Crippen LogP contribution in [0.5, 0.6) is 5.75 Å². The standard InChI is InChI=1S/C16H19NO3/c18-15-5-3-4-12-10-13(6-7-14(12)15)20-11-16(19)17-8-1-2-9-17/h6-7,10H,1-5,8-9,11H2. The summed E-state index contributed by atoms with van der Waals surface area (Å²) >= 11 is 0. The van der Waals surface area contributed by atoms with Gasteiger partial charge in [-0.25, -0.2) is 0 Å². The quantitative estimate of drug-likeness (QED) is 0.848. The van der Waals surface area contributed by atoms with Crippen molar-refractivity contribution < 1.29 is 14.3 Å². The van der Waals surface area contributed by atoms with E-state index in [1.54, 1.807) is 6.07 Å². The Labute approximate surface area is 118 Å². The third-order valence-electron chi connectivity index (χ3n) is 4.05. The number of carbonyl (C=O) groups excluding carboxylic acids is 2. The number of Topliss-reactive ketones (excluding diaryl/α,β-unsaturated/α-hetero) is 1. The Bertz CT molecular complexity index is 533. The number of ketones is 1. The number of aryl methyl sites for hydroxylation is 1. The lowest BCUT2D eigenvalue weighted by Gasteiger charge is -2.18. The molecular weight excluding hydrogens is 254 g/mol. The molecule has 106 valence electrons. The number of hydrogen-bond acceptors (Lipinski definition) is 3. The fourth-order valence-corrected chi connectivity index (χ4v) is 2.92. The molecule has 1 aliphatic carbocycles. The zero-order chi connectivity index (χ0) is 13.9. The number of hydrogen-bond donors (Lipinski definition) is 0. The lowest BCUT2D eigenvalue weighted by atomic mass is 9.91. The Kier molecular flexibility index (Phi) is 3.72. The van der Waals surface area contributed by atoms with Gasteiger partial charge in [0.15, 0.2) is 12.4 Å². The molecule has 20 heavy (non-hydrogen) atoms. The first-order valence-corrected chi connectivity index (χ1v) is 7.31. The van der Waals surface area contributed by atoms with E-state index >= 15 is 0 Å². The maximum atomic E-state index is 11.9. The van der Waals surface area contributed by atoms with Gasteiger partial charge in [-0.2, -0.15) is 0 Å².